The second-order valence-corrected chi connectivity index (χ2v) is 3.15. The molecule has 2 nitrogen and oxygen atoms in total. The van der Waals surface area contributed by atoms with Crippen molar-refractivity contribution >= 4 is 12.0 Å². The van der Waals surface area contributed by atoms with Gasteiger partial charge in [-0.2, -0.15) is 0 Å². The Morgan fingerprint density at radius 3 is 2.86 bits per heavy atom. The molecule has 3 heteroatoms. The van der Waals surface area contributed by atoms with Crippen LogP contribution in [0.3, 0.4) is 0 Å². The molecule has 0 aromatic carbocycles. The van der Waals surface area contributed by atoms with Crippen LogP contribution in [0.15, 0.2) is 60.7 Å². The number of hydrogen-bond acceptors (Lipinski definition) is 3. The van der Waals surface area contributed by atoms with Crippen LogP contribution in [0.25, 0.3) is 0 Å². The first-order valence-corrected chi connectivity index (χ1v) is 4.81. The normalized spacial score (nSPS) is 10.7. The van der Waals surface area contributed by atoms with Crippen LogP contribution in [0.1, 0.15) is 0 Å². The van der Waals surface area contributed by atoms with Crippen LogP contribution in [0.5, 0.6) is 5.88 Å². The SMILES string of the molecule is C=C/C=C(\C=C)SOc1ccccn1. The van der Waals surface area contributed by atoms with E-state index in [1.807, 2.05) is 18.2 Å². The van der Waals surface area contributed by atoms with Gasteiger partial charge in [0.2, 0.25) is 5.88 Å². The van der Waals surface area contributed by atoms with Crippen molar-refractivity contribution in [3.8, 4) is 5.88 Å². The molecule has 0 saturated carbocycles. The van der Waals surface area contributed by atoms with Crippen LogP contribution in [-0.2, 0) is 0 Å². The maximum Gasteiger partial charge on any atom is 0.228 e. The van der Waals surface area contributed by atoms with Gasteiger partial charge in [-0.25, -0.2) is 4.98 Å². The molecule has 0 saturated heterocycles. The summed E-state index contributed by atoms with van der Waals surface area (Å²) in [6.07, 6.45) is 6.89. The molecule has 0 aliphatic carbocycles. The Labute approximate surface area is 88.2 Å². The number of allylic oxidation sites excluding steroid dienone is 3. The first kappa shape index (κ1) is 10.6. The zero-order valence-corrected chi connectivity index (χ0v) is 8.54. The van der Waals surface area contributed by atoms with Crippen molar-refractivity contribution in [3.05, 3.63) is 60.7 Å². The number of rotatable bonds is 5. The highest BCUT2D eigenvalue weighted by molar-refractivity contribution is 7.99. The van der Waals surface area contributed by atoms with Gasteiger partial charge in [-0.15, -0.1) is 0 Å². The smallest absolute Gasteiger partial charge is 0.228 e. The maximum absolute atomic E-state index is 5.33. The Hall–Kier alpha value is -1.48. The molecule has 1 aromatic rings. The second kappa shape index (κ2) is 6.05. The number of pyridine rings is 1. The molecule has 0 unspecified atom stereocenters. The molecule has 0 amide bonds. The monoisotopic (exact) mass is 205 g/mol. The van der Waals surface area contributed by atoms with E-state index in [1.54, 1.807) is 24.4 Å². The predicted octanol–water partition coefficient (Wildman–Crippen LogP) is 3.36. The van der Waals surface area contributed by atoms with Crippen LogP contribution in [-0.4, -0.2) is 4.98 Å². The summed E-state index contributed by atoms with van der Waals surface area (Å²) in [7, 11) is 0. The minimum Gasteiger partial charge on any atom is -0.401 e. The highest BCUT2D eigenvalue weighted by atomic mass is 32.2. The molecule has 1 rings (SSSR count). The molecule has 0 atom stereocenters. The van der Waals surface area contributed by atoms with Crippen LogP contribution >= 0.6 is 12.0 Å². The van der Waals surface area contributed by atoms with E-state index in [0.717, 1.165) is 4.91 Å². The van der Waals surface area contributed by atoms with Crippen molar-refractivity contribution < 1.29 is 4.18 Å². The summed E-state index contributed by atoms with van der Waals surface area (Å²) >= 11 is 1.21. The Morgan fingerprint density at radius 1 is 1.43 bits per heavy atom. The first-order valence-electron chi connectivity index (χ1n) is 4.07. The molecular formula is C11H11NOS. The minimum absolute atomic E-state index is 0.578. The lowest BCUT2D eigenvalue weighted by molar-refractivity contribution is 0.620. The summed E-state index contributed by atoms with van der Waals surface area (Å²) in [5.41, 5.74) is 0. The lowest BCUT2D eigenvalue weighted by Crippen LogP contribution is -1.84. The standard InChI is InChI=1S/C11H11NOS/c1-3-7-10(4-2)14-13-11-8-5-6-9-12-11/h3-9H,1-2H2/b10-7+. The molecule has 1 aromatic heterocycles. The molecule has 0 fully saturated rings. The van der Waals surface area contributed by atoms with Gasteiger partial charge in [0.1, 0.15) is 0 Å². The van der Waals surface area contributed by atoms with Crippen LogP contribution in [0, 0.1) is 0 Å². The molecule has 1 heterocycles. The largest absolute Gasteiger partial charge is 0.401 e. The molecule has 0 bridgehead atoms. The van der Waals surface area contributed by atoms with Gasteiger partial charge < -0.3 is 4.18 Å². The molecule has 0 radical (unpaired) electrons. The van der Waals surface area contributed by atoms with Gasteiger partial charge in [-0.1, -0.05) is 31.4 Å². The van der Waals surface area contributed by atoms with Gasteiger partial charge in [-0.3, -0.25) is 0 Å². The average Bonchev–Trinajstić information content (AvgIpc) is 2.25. The third kappa shape index (κ3) is 3.49. The van der Waals surface area contributed by atoms with Crippen LogP contribution < -0.4 is 4.18 Å². The predicted molar refractivity (Wildman–Crippen MR) is 60.9 cm³/mol. The van der Waals surface area contributed by atoms with Crippen molar-refractivity contribution in [2.45, 2.75) is 0 Å². The molecule has 0 aliphatic heterocycles. The van der Waals surface area contributed by atoms with E-state index in [4.69, 9.17) is 4.18 Å². The van der Waals surface area contributed by atoms with Gasteiger partial charge in [0.15, 0.2) is 0 Å². The van der Waals surface area contributed by atoms with Gasteiger partial charge >= 0.3 is 0 Å². The van der Waals surface area contributed by atoms with Crippen LogP contribution in [0.4, 0.5) is 0 Å². The molecule has 0 aliphatic rings. The van der Waals surface area contributed by atoms with E-state index < -0.39 is 0 Å². The lowest BCUT2D eigenvalue weighted by Gasteiger charge is -2.01. The lowest BCUT2D eigenvalue weighted by atomic mass is 10.5. The van der Waals surface area contributed by atoms with Gasteiger partial charge in [0.25, 0.3) is 0 Å². The van der Waals surface area contributed by atoms with E-state index in [2.05, 4.69) is 18.1 Å². The van der Waals surface area contributed by atoms with Gasteiger partial charge in [0.05, 0.1) is 12.0 Å². The van der Waals surface area contributed by atoms with Crippen molar-refractivity contribution in [1.29, 1.82) is 0 Å². The fraction of sp³-hybridized carbons (Fsp3) is 0. The third-order valence-electron chi connectivity index (χ3n) is 1.34. The van der Waals surface area contributed by atoms with Crippen molar-refractivity contribution in [2.75, 3.05) is 0 Å². The fourth-order valence-electron chi connectivity index (χ4n) is 0.733. The Kier molecular flexibility index (Phi) is 4.58. The summed E-state index contributed by atoms with van der Waals surface area (Å²) in [6.45, 7) is 7.25. The summed E-state index contributed by atoms with van der Waals surface area (Å²) in [6, 6.07) is 5.50. The molecule has 14 heavy (non-hydrogen) atoms. The number of nitrogens with zero attached hydrogens (tertiary/aromatic N) is 1. The zero-order chi connectivity index (χ0) is 10.2. The Balaban J connectivity index is 2.52. The van der Waals surface area contributed by atoms with Gasteiger partial charge in [0, 0.05) is 17.2 Å². The van der Waals surface area contributed by atoms with Crippen molar-refractivity contribution in [3.63, 3.8) is 0 Å². The molecular weight excluding hydrogens is 194 g/mol. The highest BCUT2D eigenvalue weighted by Gasteiger charge is 1.96. The van der Waals surface area contributed by atoms with Crippen LogP contribution in [0.2, 0.25) is 0 Å². The van der Waals surface area contributed by atoms with E-state index in [0.29, 0.717) is 5.88 Å². The van der Waals surface area contributed by atoms with E-state index >= 15 is 0 Å². The van der Waals surface area contributed by atoms with Gasteiger partial charge in [-0.05, 0) is 12.1 Å². The van der Waals surface area contributed by atoms with Crippen molar-refractivity contribution in [2.24, 2.45) is 0 Å². The fourth-order valence-corrected chi connectivity index (χ4v) is 1.23. The second-order valence-electron chi connectivity index (χ2n) is 2.34. The summed E-state index contributed by atoms with van der Waals surface area (Å²) in [4.78, 5) is 4.91. The number of aromatic nitrogens is 1. The molecule has 72 valence electrons. The van der Waals surface area contributed by atoms with E-state index in [-0.39, 0.29) is 0 Å². The number of hydrogen-bond donors (Lipinski definition) is 0. The first-order chi connectivity index (χ1) is 6.86. The van der Waals surface area contributed by atoms with E-state index in [9.17, 15) is 0 Å². The minimum atomic E-state index is 0.578. The topological polar surface area (TPSA) is 22.1 Å². The Bertz CT molecular complexity index is 332. The molecule has 0 N–H and O–H groups in total. The Morgan fingerprint density at radius 2 is 2.29 bits per heavy atom. The average molecular weight is 205 g/mol. The summed E-state index contributed by atoms with van der Waals surface area (Å²) < 4.78 is 5.33. The maximum atomic E-state index is 5.33. The summed E-state index contributed by atoms with van der Waals surface area (Å²) in [5.74, 6) is 0.578. The highest BCUT2D eigenvalue weighted by Crippen LogP contribution is 2.20. The van der Waals surface area contributed by atoms with Crippen molar-refractivity contribution in [1.82, 2.24) is 4.98 Å². The zero-order valence-electron chi connectivity index (χ0n) is 7.72. The van der Waals surface area contributed by atoms with E-state index in [1.165, 1.54) is 12.0 Å². The quantitative estimate of drug-likeness (QED) is 0.543. The molecule has 0 spiro atoms. The summed E-state index contributed by atoms with van der Waals surface area (Å²) in [5, 5.41) is 0. The third-order valence-corrected chi connectivity index (χ3v) is 2.09.